The van der Waals surface area contributed by atoms with Crippen molar-refractivity contribution >= 4 is 18.3 Å². The number of halogens is 1. The second-order valence-electron chi connectivity index (χ2n) is 2.38. The normalized spacial score (nSPS) is 12.1. The van der Waals surface area contributed by atoms with Gasteiger partial charge in [-0.1, -0.05) is 13.8 Å². The van der Waals surface area contributed by atoms with Crippen LogP contribution in [0.4, 0.5) is 0 Å². The number of nitrogens with two attached hydrogens (primary N) is 1. The van der Waals surface area contributed by atoms with Gasteiger partial charge in [-0.15, -0.1) is 12.4 Å². The van der Waals surface area contributed by atoms with Gasteiger partial charge in [0.05, 0.1) is 6.04 Å². The predicted molar refractivity (Wildman–Crippen MR) is 44.1 cm³/mol. The molecule has 0 aliphatic heterocycles. The van der Waals surface area contributed by atoms with E-state index in [2.05, 4.69) is 5.32 Å². The first-order valence-corrected chi connectivity index (χ1v) is 3.06. The van der Waals surface area contributed by atoms with Crippen LogP contribution < -0.4 is 11.1 Å². The molecule has 0 aliphatic rings. The molecule has 1 amide bonds. The van der Waals surface area contributed by atoms with Gasteiger partial charge in [0.1, 0.15) is 0 Å². The number of hydrogen-bond acceptors (Lipinski definition) is 2. The van der Waals surface area contributed by atoms with Crippen LogP contribution in [0.1, 0.15) is 13.8 Å². The summed E-state index contributed by atoms with van der Waals surface area (Å²) < 4.78 is 0. The lowest BCUT2D eigenvalue weighted by Crippen LogP contribution is -2.42. The lowest BCUT2D eigenvalue weighted by molar-refractivity contribution is -0.122. The Labute approximate surface area is 67.8 Å². The third-order valence-corrected chi connectivity index (χ3v) is 1.27. The zero-order valence-electron chi connectivity index (χ0n) is 6.55. The average molecular weight is 167 g/mol. The Morgan fingerprint density at radius 2 is 1.90 bits per heavy atom. The molecule has 0 aliphatic carbocycles. The third kappa shape index (κ3) is 3.69. The minimum Gasteiger partial charge on any atom is -0.358 e. The number of carbonyl (C=O) groups is 1. The van der Waals surface area contributed by atoms with Crippen LogP contribution in [-0.4, -0.2) is 19.0 Å². The molecule has 0 saturated carbocycles. The number of rotatable bonds is 2. The van der Waals surface area contributed by atoms with Crippen LogP contribution >= 0.6 is 12.4 Å². The van der Waals surface area contributed by atoms with Gasteiger partial charge in [0.25, 0.3) is 0 Å². The second-order valence-corrected chi connectivity index (χ2v) is 2.38. The van der Waals surface area contributed by atoms with Gasteiger partial charge in [-0.25, -0.2) is 0 Å². The Morgan fingerprint density at radius 3 is 2.00 bits per heavy atom. The largest absolute Gasteiger partial charge is 0.358 e. The van der Waals surface area contributed by atoms with E-state index in [-0.39, 0.29) is 30.3 Å². The fourth-order valence-corrected chi connectivity index (χ4v) is 0.469. The summed E-state index contributed by atoms with van der Waals surface area (Å²) >= 11 is 0. The zero-order valence-corrected chi connectivity index (χ0v) is 7.37. The van der Waals surface area contributed by atoms with Crippen molar-refractivity contribution in [3.63, 3.8) is 0 Å². The van der Waals surface area contributed by atoms with E-state index in [1.165, 1.54) is 0 Å². The Balaban J connectivity index is 0. The van der Waals surface area contributed by atoms with Crippen LogP contribution in [0.5, 0.6) is 0 Å². The summed E-state index contributed by atoms with van der Waals surface area (Å²) in [5, 5.41) is 2.48. The van der Waals surface area contributed by atoms with Crippen molar-refractivity contribution in [1.29, 1.82) is 0 Å². The molecule has 0 spiro atoms. The van der Waals surface area contributed by atoms with E-state index in [1.54, 1.807) is 7.05 Å². The van der Waals surface area contributed by atoms with Crippen LogP contribution in [0.15, 0.2) is 0 Å². The van der Waals surface area contributed by atoms with Gasteiger partial charge < -0.3 is 11.1 Å². The minimum atomic E-state index is -0.366. The summed E-state index contributed by atoms with van der Waals surface area (Å²) in [6.07, 6.45) is 0. The van der Waals surface area contributed by atoms with Crippen LogP contribution in [0.25, 0.3) is 0 Å². The van der Waals surface area contributed by atoms with Crippen molar-refractivity contribution in [3.8, 4) is 0 Å². The van der Waals surface area contributed by atoms with Crippen LogP contribution in [0.2, 0.25) is 0 Å². The zero-order chi connectivity index (χ0) is 7.44. The lowest BCUT2D eigenvalue weighted by atomic mass is 10.1. The molecule has 0 bridgehead atoms. The molecule has 0 aromatic carbocycles. The number of hydrogen-bond donors (Lipinski definition) is 2. The average Bonchev–Trinajstić information content (AvgIpc) is 1.84. The summed E-state index contributed by atoms with van der Waals surface area (Å²) in [6.45, 7) is 3.83. The Bertz CT molecular complexity index is 106. The van der Waals surface area contributed by atoms with E-state index in [1.807, 2.05) is 13.8 Å². The highest BCUT2D eigenvalue weighted by atomic mass is 35.5. The Morgan fingerprint density at radius 1 is 1.50 bits per heavy atom. The fraction of sp³-hybridized carbons (Fsp3) is 0.833. The van der Waals surface area contributed by atoms with E-state index in [9.17, 15) is 4.79 Å². The summed E-state index contributed by atoms with van der Waals surface area (Å²) in [7, 11) is 1.59. The molecule has 0 aromatic rings. The molecule has 10 heavy (non-hydrogen) atoms. The molecule has 0 heterocycles. The maximum absolute atomic E-state index is 10.7. The molecule has 0 saturated heterocycles. The molecule has 0 rings (SSSR count). The minimum absolute atomic E-state index is 0. The molecular weight excluding hydrogens is 152 g/mol. The molecular formula is C6H15ClN2O. The van der Waals surface area contributed by atoms with E-state index < -0.39 is 0 Å². The molecule has 3 nitrogen and oxygen atoms in total. The number of carbonyl (C=O) groups excluding carboxylic acids is 1. The standard InChI is InChI=1S/C6H14N2O.ClH/c1-4(2)5(7)6(9)8-3;/h4-5H,7H2,1-3H3,(H,8,9);1H/t5-;/m0./s1. The highest BCUT2D eigenvalue weighted by molar-refractivity contribution is 5.85. The smallest absolute Gasteiger partial charge is 0.236 e. The van der Waals surface area contributed by atoms with Crippen molar-refractivity contribution in [1.82, 2.24) is 5.32 Å². The first-order valence-electron chi connectivity index (χ1n) is 3.06. The molecule has 0 fully saturated rings. The van der Waals surface area contributed by atoms with E-state index in [0.717, 1.165) is 0 Å². The van der Waals surface area contributed by atoms with Crippen molar-refractivity contribution in [2.45, 2.75) is 19.9 Å². The summed E-state index contributed by atoms with van der Waals surface area (Å²) in [5.74, 6) is 0.120. The highest BCUT2D eigenvalue weighted by Crippen LogP contribution is 1.96. The van der Waals surface area contributed by atoms with Gasteiger partial charge in [-0.3, -0.25) is 4.79 Å². The van der Waals surface area contributed by atoms with Gasteiger partial charge in [-0.05, 0) is 5.92 Å². The van der Waals surface area contributed by atoms with Gasteiger partial charge in [-0.2, -0.15) is 0 Å². The first-order chi connectivity index (χ1) is 4.09. The van der Waals surface area contributed by atoms with E-state index in [0.29, 0.717) is 0 Å². The van der Waals surface area contributed by atoms with Gasteiger partial charge in [0.2, 0.25) is 5.91 Å². The molecule has 0 radical (unpaired) electrons. The van der Waals surface area contributed by atoms with E-state index >= 15 is 0 Å². The van der Waals surface area contributed by atoms with Crippen molar-refractivity contribution in [2.75, 3.05) is 7.05 Å². The van der Waals surface area contributed by atoms with Gasteiger partial charge in [0.15, 0.2) is 0 Å². The number of amides is 1. The van der Waals surface area contributed by atoms with Crippen LogP contribution in [0.3, 0.4) is 0 Å². The molecule has 0 unspecified atom stereocenters. The van der Waals surface area contributed by atoms with Crippen molar-refractivity contribution < 1.29 is 4.79 Å². The van der Waals surface area contributed by atoms with Crippen LogP contribution in [0, 0.1) is 5.92 Å². The summed E-state index contributed by atoms with van der Waals surface area (Å²) in [4.78, 5) is 10.7. The Hall–Kier alpha value is -0.280. The SMILES string of the molecule is CNC(=O)[C@@H](N)C(C)C.Cl. The summed E-state index contributed by atoms with van der Waals surface area (Å²) in [6, 6.07) is -0.366. The maximum atomic E-state index is 10.7. The van der Waals surface area contributed by atoms with Crippen molar-refractivity contribution in [2.24, 2.45) is 11.7 Å². The highest BCUT2D eigenvalue weighted by Gasteiger charge is 2.14. The summed E-state index contributed by atoms with van der Waals surface area (Å²) in [5.41, 5.74) is 5.46. The van der Waals surface area contributed by atoms with Crippen LogP contribution in [-0.2, 0) is 4.79 Å². The number of nitrogens with one attached hydrogen (secondary N) is 1. The maximum Gasteiger partial charge on any atom is 0.236 e. The molecule has 3 N–H and O–H groups in total. The lowest BCUT2D eigenvalue weighted by Gasteiger charge is -2.12. The molecule has 1 atom stereocenters. The first kappa shape index (κ1) is 12.4. The van der Waals surface area contributed by atoms with Gasteiger partial charge in [0, 0.05) is 7.05 Å². The third-order valence-electron chi connectivity index (χ3n) is 1.27. The van der Waals surface area contributed by atoms with Gasteiger partial charge >= 0.3 is 0 Å². The predicted octanol–water partition coefficient (Wildman–Crippen LogP) is 0.137. The number of likely N-dealkylation sites (N-methyl/N-ethyl adjacent to an activating group) is 1. The molecule has 62 valence electrons. The van der Waals surface area contributed by atoms with E-state index in [4.69, 9.17) is 5.73 Å². The quantitative estimate of drug-likeness (QED) is 0.613. The molecule has 0 aromatic heterocycles. The second kappa shape index (κ2) is 5.50. The topological polar surface area (TPSA) is 55.1 Å². The molecule has 4 heteroatoms. The van der Waals surface area contributed by atoms with Crippen molar-refractivity contribution in [3.05, 3.63) is 0 Å². The fourth-order valence-electron chi connectivity index (χ4n) is 0.469. The Kier molecular flexibility index (Phi) is 6.82. The monoisotopic (exact) mass is 166 g/mol.